The largest absolute Gasteiger partial charge is 0.465 e. The Morgan fingerprint density at radius 2 is 1.73 bits per heavy atom. The van der Waals surface area contributed by atoms with Crippen molar-refractivity contribution < 1.29 is 14.4 Å². The van der Waals surface area contributed by atoms with Gasteiger partial charge in [-0.15, -0.1) is 0 Å². The number of oxime groups is 1. The third-order valence-corrected chi connectivity index (χ3v) is 2.75. The van der Waals surface area contributed by atoms with Crippen LogP contribution in [0.3, 0.4) is 0 Å². The Hall–Kier alpha value is -3.06. The molecule has 0 saturated heterocycles. The molecular weight excluding hydrogens is 278 g/mol. The summed E-state index contributed by atoms with van der Waals surface area (Å²) in [7, 11) is 1.28. The van der Waals surface area contributed by atoms with Crippen LogP contribution < -0.4 is 0 Å². The molecule has 1 unspecified atom stereocenters. The Balaban J connectivity index is 2.17. The minimum atomic E-state index is -0.581. The molecule has 2 aromatic carbocycles. The number of carbonyl (C=O) groups is 1. The molecule has 0 saturated carbocycles. The molecule has 0 aliphatic carbocycles. The summed E-state index contributed by atoms with van der Waals surface area (Å²) >= 11 is 0. The van der Waals surface area contributed by atoms with Crippen molar-refractivity contribution in [1.29, 1.82) is 0 Å². The molecule has 22 heavy (non-hydrogen) atoms. The van der Waals surface area contributed by atoms with Crippen molar-refractivity contribution in [3.63, 3.8) is 0 Å². The molecule has 1 atom stereocenters. The Labute approximate surface area is 129 Å². The van der Waals surface area contributed by atoms with E-state index in [9.17, 15) is 4.79 Å². The molecular formula is C18H15NO3. The van der Waals surface area contributed by atoms with E-state index < -0.39 is 12.1 Å². The SMILES string of the molecule is COC(=O)/C=N/OC(C#Cc1ccccc1)c1ccccc1. The van der Waals surface area contributed by atoms with E-state index in [2.05, 4.69) is 21.7 Å². The lowest BCUT2D eigenvalue weighted by Crippen LogP contribution is -2.03. The molecule has 4 nitrogen and oxygen atoms in total. The first-order chi connectivity index (χ1) is 10.8. The average Bonchev–Trinajstić information content (AvgIpc) is 2.59. The zero-order valence-corrected chi connectivity index (χ0v) is 12.1. The lowest BCUT2D eigenvalue weighted by Gasteiger charge is -2.08. The number of nitrogens with zero attached hydrogens (tertiary/aromatic N) is 1. The van der Waals surface area contributed by atoms with Gasteiger partial charge < -0.3 is 9.57 Å². The second-order valence-electron chi connectivity index (χ2n) is 4.29. The summed E-state index contributed by atoms with van der Waals surface area (Å²) in [6, 6.07) is 19.0. The number of hydrogen-bond donors (Lipinski definition) is 0. The van der Waals surface area contributed by atoms with E-state index in [1.165, 1.54) is 7.11 Å². The van der Waals surface area contributed by atoms with Gasteiger partial charge in [0.15, 0.2) is 6.21 Å². The molecule has 0 aliphatic heterocycles. The van der Waals surface area contributed by atoms with Crippen molar-refractivity contribution in [2.75, 3.05) is 7.11 Å². The lowest BCUT2D eigenvalue weighted by molar-refractivity contribution is -0.132. The number of ether oxygens (including phenoxy) is 1. The fraction of sp³-hybridized carbons (Fsp3) is 0.111. The Morgan fingerprint density at radius 1 is 1.09 bits per heavy atom. The van der Waals surface area contributed by atoms with Crippen molar-refractivity contribution in [3.05, 3.63) is 71.8 Å². The summed E-state index contributed by atoms with van der Waals surface area (Å²) in [5.74, 6) is 5.46. The fourth-order valence-electron chi connectivity index (χ4n) is 1.66. The van der Waals surface area contributed by atoms with Crippen LogP contribution in [0.1, 0.15) is 17.2 Å². The van der Waals surface area contributed by atoms with E-state index in [1.807, 2.05) is 60.7 Å². The van der Waals surface area contributed by atoms with Crippen LogP contribution in [-0.4, -0.2) is 19.3 Å². The first-order valence-corrected chi connectivity index (χ1v) is 6.68. The van der Waals surface area contributed by atoms with Gasteiger partial charge in [0.1, 0.15) is 0 Å². The van der Waals surface area contributed by atoms with Gasteiger partial charge in [-0.3, -0.25) is 0 Å². The molecule has 0 N–H and O–H groups in total. The van der Waals surface area contributed by atoms with Crippen LogP contribution in [0.5, 0.6) is 0 Å². The van der Waals surface area contributed by atoms with E-state index in [-0.39, 0.29) is 0 Å². The van der Waals surface area contributed by atoms with Gasteiger partial charge in [0.2, 0.25) is 6.10 Å². The van der Waals surface area contributed by atoms with Crippen molar-refractivity contribution in [3.8, 4) is 11.8 Å². The first kappa shape index (κ1) is 15.3. The van der Waals surface area contributed by atoms with Crippen LogP contribution >= 0.6 is 0 Å². The molecule has 0 spiro atoms. The molecule has 2 rings (SSSR count). The average molecular weight is 293 g/mol. The van der Waals surface area contributed by atoms with Gasteiger partial charge in [0.05, 0.1) is 7.11 Å². The molecule has 0 bridgehead atoms. The molecule has 0 aromatic heterocycles. The minimum Gasteiger partial charge on any atom is -0.465 e. The number of benzene rings is 2. The number of carbonyl (C=O) groups excluding carboxylic acids is 1. The standard InChI is InChI=1S/C18H15NO3/c1-21-18(20)14-19-22-17(16-10-6-3-7-11-16)13-12-15-8-4-2-5-9-15/h2-11,14,17H,1H3/b19-14+. The van der Waals surface area contributed by atoms with E-state index in [0.717, 1.165) is 17.3 Å². The summed E-state index contributed by atoms with van der Waals surface area (Å²) < 4.78 is 4.46. The highest BCUT2D eigenvalue weighted by Crippen LogP contribution is 2.16. The summed E-state index contributed by atoms with van der Waals surface area (Å²) in [5.41, 5.74) is 1.73. The highest BCUT2D eigenvalue weighted by atomic mass is 16.6. The minimum absolute atomic E-state index is 0.567. The van der Waals surface area contributed by atoms with Crippen molar-refractivity contribution in [2.24, 2.45) is 5.16 Å². The molecule has 0 aliphatic rings. The van der Waals surface area contributed by atoms with Crippen LogP contribution in [0, 0.1) is 11.8 Å². The zero-order valence-electron chi connectivity index (χ0n) is 12.1. The second-order valence-corrected chi connectivity index (χ2v) is 4.29. The highest BCUT2D eigenvalue weighted by molar-refractivity contribution is 6.22. The van der Waals surface area contributed by atoms with Gasteiger partial charge in [-0.2, -0.15) is 0 Å². The fourth-order valence-corrected chi connectivity index (χ4v) is 1.66. The second kappa shape index (κ2) is 8.28. The summed E-state index contributed by atoms with van der Waals surface area (Å²) in [6.07, 6.45) is 0.405. The van der Waals surface area contributed by atoms with Crippen molar-refractivity contribution in [2.45, 2.75) is 6.10 Å². The maximum Gasteiger partial charge on any atom is 0.352 e. The Kier molecular flexibility index (Phi) is 5.77. The van der Waals surface area contributed by atoms with Crippen LogP contribution in [0.4, 0.5) is 0 Å². The summed E-state index contributed by atoms with van der Waals surface area (Å²) in [5, 5.41) is 3.63. The molecule has 0 amide bonds. The Morgan fingerprint density at radius 3 is 2.36 bits per heavy atom. The predicted octanol–water partition coefficient (Wildman–Crippen LogP) is 2.95. The predicted molar refractivity (Wildman–Crippen MR) is 84.1 cm³/mol. The van der Waals surface area contributed by atoms with Gasteiger partial charge in [0, 0.05) is 11.1 Å². The maximum absolute atomic E-state index is 11.0. The first-order valence-electron chi connectivity index (χ1n) is 6.68. The number of hydrogen-bond acceptors (Lipinski definition) is 4. The highest BCUT2D eigenvalue weighted by Gasteiger charge is 2.08. The van der Waals surface area contributed by atoms with Gasteiger partial charge in [0.25, 0.3) is 0 Å². The molecule has 0 fully saturated rings. The van der Waals surface area contributed by atoms with E-state index in [1.54, 1.807) is 0 Å². The van der Waals surface area contributed by atoms with Gasteiger partial charge >= 0.3 is 5.97 Å². The quantitative estimate of drug-likeness (QED) is 0.377. The van der Waals surface area contributed by atoms with E-state index in [0.29, 0.717) is 0 Å². The van der Waals surface area contributed by atoms with Crippen molar-refractivity contribution >= 4 is 12.2 Å². The third kappa shape index (κ3) is 4.80. The van der Waals surface area contributed by atoms with Gasteiger partial charge in [-0.1, -0.05) is 59.6 Å². The van der Waals surface area contributed by atoms with Crippen LogP contribution in [0.25, 0.3) is 0 Å². The van der Waals surface area contributed by atoms with Crippen LogP contribution in [0.2, 0.25) is 0 Å². The van der Waals surface area contributed by atoms with Crippen LogP contribution in [-0.2, 0) is 14.4 Å². The van der Waals surface area contributed by atoms with E-state index in [4.69, 9.17) is 4.84 Å². The topological polar surface area (TPSA) is 47.9 Å². The van der Waals surface area contributed by atoms with Gasteiger partial charge in [-0.05, 0) is 18.1 Å². The molecule has 0 heterocycles. The normalized spacial score (nSPS) is 11.3. The monoisotopic (exact) mass is 293 g/mol. The summed E-state index contributed by atoms with van der Waals surface area (Å²) in [4.78, 5) is 16.3. The summed E-state index contributed by atoms with van der Waals surface area (Å²) in [6.45, 7) is 0. The molecule has 0 radical (unpaired) electrons. The zero-order chi connectivity index (χ0) is 15.6. The Bertz CT molecular complexity index is 685. The maximum atomic E-state index is 11.0. The number of esters is 1. The van der Waals surface area contributed by atoms with Crippen molar-refractivity contribution in [1.82, 2.24) is 0 Å². The number of rotatable bonds is 4. The smallest absolute Gasteiger partial charge is 0.352 e. The molecule has 110 valence electrons. The third-order valence-electron chi connectivity index (χ3n) is 2.75. The molecule has 2 aromatic rings. The van der Waals surface area contributed by atoms with Crippen LogP contribution in [0.15, 0.2) is 65.8 Å². The lowest BCUT2D eigenvalue weighted by atomic mass is 10.1. The molecule has 4 heteroatoms. The van der Waals surface area contributed by atoms with E-state index >= 15 is 0 Å². The number of methoxy groups -OCH3 is 1. The van der Waals surface area contributed by atoms with Gasteiger partial charge in [-0.25, -0.2) is 4.79 Å².